The molecule has 0 unspecified atom stereocenters. The lowest BCUT2D eigenvalue weighted by atomic mass is 10.2. The predicted molar refractivity (Wildman–Crippen MR) is 90.9 cm³/mol. The Hall–Kier alpha value is -2.34. The van der Waals surface area contributed by atoms with Crippen molar-refractivity contribution in [3.63, 3.8) is 0 Å². The van der Waals surface area contributed by atoms with Gasteiger partial charge in [-0.25, -0.2) is 4.98 Å². The van der Waals surface area contributed by atoms with E-state index in [0.29, 0.717) is 17.4 Å². The Labute approximate surface area is 138 Å². The zero-order valence-corrected chi connectivity index (χ0v) is 14.1. The molecule has 0 radical (unpaired) electrons. The zero-order chi connectivity index (χ0) is 16.4. The van der Waals surface area contributed by atoms with E-state index in [2.05, 4.69) is 4.98 Å². The zero-order valence-electron chi connectivity index (χ0n) is 13.3. The molecule has 0 saturated carbocycles. The molecule has 3 aromatic rings. The molecule has 3 rings (SSSR count). The average Bonchev–Trinajstić information content (AvgIpc) is 3.20. The molecule has 120 valence electrons. The second kappa shape index (κ2) is 6.42. The maximum absolute atomic E-state index is 12.6. The summed E-state index contributed by atoms with van der Waals surface area (Å²) < 4.78 is 11.7. The van der Waals surface area contributed by atoms with E-state index in [1.807, 2.05) is 44.2 Å². The lowest BCUT2D eigenvalue weighted by Crippen LogP contribution is -2.33. The van der Waals surface area contributed by atoms with Gasteiger partial charge in [0, 0.05) is 5.92 Å². The van der Waals surface area contributed by atoms with Crippen molar-refractivity contribution < 1.29 is 13.9 Å². The van der Waals surface area contributed by atoms with Gasteiger partial charge in [-0.3, -0.25) is 9.69 Å². The Morgan fingerprint density at radius 3 is 2.83 bits per heavy atom. The van der Waals surface area contributed by atoms with Crippen LogP contribution in [0.1, 0.15) is 19.6 Å². The molecule has 0 aliphatic carbocycles. The number of amides is 1. The fourth-order valence-corrected chi connectivity index (χ4v) is 3.29. The number of methoxy groups -OCH3 is 1. The minimum Gasteiger partial charge on any atom is -0.494 e. The minimum absolute atomic E-state index is 0.0134. The number of thiazole rings is 1. The highest BCUT2D eigenvalue weighted by Gasteiger charge is 2.24. The van der Waals surface area contributed by atoms with Gasteiger partial charge in [-0.1, -0.05) is 31.3 Å². The molecule has 5 nitrogen and oxygen atoms in total. The van der Waals surface area contributed by atoms with E-state index in [4.69, 9.17) is 9.15 Å². The number of furan rings is 1. The van der Waals surface area contributed by atoms with Crippen LogP contribution in [0.2, 0.25) is 0 Å². The Kier molecular flexibility index (Phi) is 4.34. The molecule has 0 atom stereocenters. The first-order valence-electron chi connectivity index (χ1n) is 7.37. The Morgan fingerprint density at radius 2 is 2.17 bits per heavy atom. The molecule has 2 aromatic heterocycles. The van der Waals surface area contributed by atoms with Crippen LogP contribution in [0.4, 0.5) is 5.13 Å². The van der Waals surface area contributed by atoms with Gasteiger partial charge in [-0.15, -0.1) is 0 Å². The topological polar surface area (TPSA) is 55.6 Å². The van der Waals surface area contributed by atoms with Gasteiger partial charge in [-0.05, 0) is 24.3 Å². The average molecular weight is 330 g/mol. The third-order valence-electron chi connectivity index (χ3n) is 3.48. The van der Waals surface area contributed by atoms with Crippen LogP contribution in [0, 0.1) is 5.92 Å². The maximum atomic E-state index is 12.6. The smallest absolute Gasteiger partial charge is 0.231 e. The molecular weight excluding hydrogens is 312 g/mol. The first-order valence-corrected chi connectivity index (χ1v) is 8.19. The molecule has 0 bridgehead atoms. The number of aromatic nitrogens is 1. The molecule has 6 heteroatoms. The molecule has 23 heavy (non-hydrogen) atoms. The summed E-state index contributed by atoms with van der Waals surface area (Å²) in [6, 6.07) is 9.43. The lowest BCUT2D eigenvalue weighted by Gasteiger charge is -2.20. The fraction of sp³-hybridized carbons (Fsp3) is 0.294. The van der Waals surface area contributed by atoms with Gasteiger partial charge >= 0.3 is 0 Å². The number of rotatable bonds is 5. The summed E-state index contributed by atoms with van der Waals surface area (Å²) in [6.07, 6.45) is 1.61. The van der Waals surface area contributed by atoms with Gasteiger partial charge in [0.1, 0.15) is 17.0 Å². The van der Waals surface area contributed by atoms with Gasteiger partial charge in [0.2, 0.25) is 5.91 Å². The van der Waals surface area contributed by atoms with Crippen LogP contribution in [-0.4, -0.2) is 18.0 Å². The normalized spacial score (nSPS) is 11.1. The van der Waals surface area contributed by atoms with Crippen molar-refractivity contribution in [3.8, 4) is 5.75 Å². The summed E-state index contributed by atoms with van der Waals surface area (Å²) in [5, 5.41) is 0.652. The number of carbonyl (C=O) groups excluding carboxylic acids is 1. The number of carbonyl (C=O) groups is 1. The minimum atomic E-state index is -0.126. The number of ether oxygens (including phenoxy) is 1. The number of para-hydroxylation sites is 1. The molecule has 0 aliphatic rings. The van der Waals surface area contributed by atoms with Crippen LogP contribution in [0.3, 0.4) is 0 Å². The molecule has 0 saturated heterocycles. The summed E-state index contributed by atoms with van der Waals surface area (Å²) in [7, 11) is 1.62. The Balaban J connectivity index is 2.03. The maximum Gasteiger partial charge on any atom is 0.231 e. The van der Waals surface area contributed by atoms with E-state index in [1.165, 1.54) is 11.3 Å². The van der Waals surface area contributed by atoms with Crippen molar-refractivity contribution >= 4 is 32.6 Å². The van der Waals surface area contributed by atoms with Crippen molar-refractivity contribution in [2.45, 2.75) is 20.4 Å². The quantitative estimate of drug-likeness (QED) is 0.707. The molecule has 0 aliphatic heterocycles. The van der Waals surface area contributed by atoms with Crippen molar-refractivity contribution in [2.24, 2.45) is 5.92 Å². The summed E-state index contributed by atoms with van der Waals surface area (Å²) in [5.74, 6) is 1.32. The number of anilines is 1. The van der Waals surface area contributed by atoms with E-state index in [0.717, 1.165) is 16.0 Å². The Bertz CT molecular complexity index is 808. The number of hydrogen-bond acceptors (Lipinski definition) is 5. The molecule has 1 amide bonds. The second-order valence-electron chi connectivity index (χ2n) is 5.46. The summed E-state index contributed by atoms with van der Waals surface area (Å²) >= 11 is 1.47. The number of nitrogens with zero attached hydrogens (tertiary/aromatic N) is 2. The highest BCUT2D eigenvalue weighted by Crippen LogP contribution is 2.35. The highest BCUT2D eigenvalue weighted by molar-refractivity contribution is 7.22. The van der Waals surface area contributed by atoms with Crippen LogP contribution in [-0.2, 0) is 11.3 Å². The van der Waals surface area contributed by atoms with Crippen molar-refractivity contribution in [1.82, 2.24) is 4.98 Å². The van der Waals surface area contributed by atoms with Crippen molar-refractivity contribution in [1.29, 1.82) is 0 Å². The number of benzene rings is 1. The summed E-state index contributed by atoms with van der Waals surface area (Å²) in [6.45, 7) is 4.13. The SMILES string of the molecule is COc1cccc2sc(N(Cc3ccco3)C(=O)C(C)C)nc12. The third kappa shape index (κ3) is 3.07. The molecule has 0 N–H and O–H groups in total. The summed E-state index contributed by atoms with van der Waals surface area (Å²) in [5.41, 5.74) is 0.774. The van der Waals surface area contributed by atoms with Crippen molar-refractivity contribution in [2.75, 3.05) is 12.0 Å². The summed E-state index contributed by atoms with van der Waals surface area (Å²) in [4.78, 5) is 18.9. The molecule has 2 heterocycles. The number of hydrogen-bond donors (Lipinski definition) is 0. The van der Waals surface area contributed by atoms with E-state index < -0.39 is 0 Å². The standard InChI is InChI=1S/C17H18N2O3S/c1-11(2)16(20)19(10-12-6-5-9-22-12)17-18-15-13(21-3)7-4-8-14(15)23-17/h4-9,11H,10H2,1-3H3. The first kappa shape index (κ1) is 15.6. The van der Waals surface area contributed by atoms with Gasteiger partial charge in [0.05, 0.1) is 24.6 Å². The van der Waals surface area contributed by atoms with Crippen LogP contribution < -0.4 is 9.64 Å². The molecule has 0 fully saturated rings. The Morgan fingerprint density at radius 1 is 1.35 bits per heavy atom. The van der Waals surface area contributed by atoms with E-state index in [-0.39, 0.29) is 11.8 Å². The van der Waals surface area contributed by atoms with Gasteiger partial charge < -0.3 is 9.15 Å². The van der Waals surface area contributed by atoms with Crippen molar-refractivity contribution in [3.05, 3.63) is 42.4 Å². The van der Waals surface area contributed by atoms with Crippen LogP contribution in [0.25, 0.3) is 10.2 Å². The van der Waals surface area contributed by atoms with Crippen LogP contribution in [0.5, 0.6) is 5.75 Å². The van der Waals surface area contributed by atoms with Crippen LogP contribution in [0.15, 0.2) is 41.0 Å². The molecule has 0 spiro atoms. The molecule has 1 aromatic carbocycles. The molecular formula is C17H18N2O3S. The first-order chi connectivity index (χ1) is 11.1. The van der Waals surface area contributed by atoms with E-state index >= 15 is 0 Å². The van der Waals surface area contributed by atoms with E-state index in [1.54, 1.807) is 18.3 Å². The van der Waals surface area contributed by atoms with Gasteiger partial charge in [-0.2, -0.15) is 0 Å². The number of fused-ring (bicyclic) bond motifs is 1. The van der Waals surface area contributed by atoms with Gasteiger partial charge in [0.15, 0.2) is 5.13 Å². The third-order valence-corrected chi connectivity index (χ3v) is 4.52. The van der Waals surface area contributed by atoms with Gasteiger partial charge in [0.25, 0.3) is 0 Å². The highest BCUT2D eigenvalue weighted by atomic mass is 32.1. The van der Waals surface area contributed by atoms with E-state index in [9.17, 15) is 4.79 Å². The largest absolute Gasteiger partial charge is 0.494 e. The monoisotopic (exact) mass is 330 g/mol. The van der Waals surface area contributed by atoms with Crippen LogP contribution >= 0.6 is 11.3 Å². The fourth-order valence-electron chi connectivity index (χ4n) is 2.30. The lowest BCUT2D eigenvalue weighted by molar-refractivity contribution is -0.121. The second-order valence-corrected chi connectivity index (χ2v) is 6.47. The predicted octanol–water partition coefficient (Wildman–Crippen LogP) is 4.09.